The summed E-state index contributed by atoms with van der Waals surface area (Å²) in [6.07, 6.45) is 6.78. The van der Waals surface area contributed by atoms with Crippen molar-refractivity contribution >= 4 is 5.91 Å². The van der Waals surface area contributed by atoms with Crippen molar-refractivity contribution in [3.8, 4) is 0 Å². The van der Waals surface area contributed by atoms with Gasteiger partial charge < -0.3 is 15.5 Å². The van der Waals surface area contributed by atoms with Crippen LogP contribution in [0.15, 0.2) is 0 Å². The van der Waals surface area contributed by atoms with Gasteiger partial charge in [-0.15, -0.1) is 0 Å². The first-order valence-corrected chi connectivity index (χ1v) is 7.96. The van der Waals surface area contributed by atoms with E-state index >= 15 is 0 Å². The third-order valence-electron chi connectivity index (χ3n) is 4.51. The standard InChI is InChI=1S/C15H29N3O/c1-13-6-10-18(11-7-13)12-9-17-15(19)5-4-14-3-2-8-16-14/h13-14,16H,2-12H2,1H3,(H,17,19). The fourth-order valence-electron chi connectivity index (χ4n) is 3.04. The number of nitrogens with zero attached hydrogens (tertiary/aromatic N) is 1. The number of piperidine rings is 1. The molecule has 0 radical (unpaired) electrons. The van der Waals surface area contributed by atoms with Crippen molar-refractivity contribution in [2.45, 2.75) is 51.5 Å². The van der Waals surface area contributed by atoms with Crippen LogP contribution in [0, 0.1) is 5.92 Å². The number of rotatable bonds is 6. The molecule has 1 atom stereocenters. The van der Waals surface area contributed by atoms with Gasteiger partial charge in [-0.25, -0.2) is 0 Å². The summed E-state index contributed by atoms with van der Waals surface area (Å²) in [4.78, 5) is 14.2. The number of hydrogen-bond acceptors (Lipinski definition) is 3. The first kappa shape index (κ1) is 14.8. The molecular weight excluding hydrogens is 238 g/mol. The second kappa shape index (κ2) is 7.85. The monoisotopic (exact) mass is 267 g/mol. The summed E-state index contributed by atoms with van der Waals surface area (Å²) in [5.41, 5.74) is 0. The van der Waals surface area contributed by atoms with Gasteiger partial charge in [-0.1, -0.05) is 6.92 Å². The molecule has 0 aromatic rings. The topological polar surface area (TPSA) is 44.4 Å². The SMILES string of the molecule is CC1CCN(CCNC(=O)CCC2CCCN2)CC1. The zero-order valence-corrected chi connectivity index (χ0v) is 12.3. The first-order valence-electron chi connectivity index (χ1n) is 7.96. The Bertz CT molecular complexity index is 269. The summed E-state index contributed by atoms with van der Waals surface area (Å²) in [5.74, 6) is 1.10. The number of nitrogens with one attached hydrogen (secondary N) is 2. The van der Waals surface area contributed by atoms with Crippen molar-refractivity contribution < 1.29 is 4.79 Å². The molecule has 1 unspecified atom stereocenters. The van der Waals surface area contributed by atoms with Crippen molar-refractivity contribution in [3.05, 3.63) is 0 Å². The van der Waals surface area contributed by atoms with E-state index in [1.165, 1.54) is 38.8 Å². The lowest BCUT2D eigenvalue weighted by atomic mass is 9.99. The highest BCUT2D eigenvalue weighted by Crippen LogP contribution is 2.15. The molecule has 4 nitrogen and oxygen atoms in total. The van der Waals surface area contributed by atoms with E-state index in [-0.39, 0.29) is 5.91 Å². The number of carbonyl (C=O) groups excluding carboxylic acids is 1. The summed E-state index contributed by atoms with van der Waals surface area (Å²) >= 11 is 0. The van der Waals surface area contributed by atoms with Crippen LogP contribution in [-0.4, -0.2) is 49.6 Å². The Morgan fingerprint density at radius 1 is 1.32 bits per heavy atom. The van der Waals surface area contributed by atoms with E-state index < -0.39 is 0 Å². The predicted molar refractivity (Wildman–Crippen MR) is 78.1 cm³/mol. The maximum atomic E-state index is 11.7. The molecule has 2 heterocycles. The molecular formula is C15H29N3O. The molecule has 2 aliphatic heterocycles. The van der Waals surface area contributed by atoms with Crippen LogP contribution in [0.25, 0.3) is 0 Å². The zero-order valence-electron chi connectivity index (χ0n) is 12.3. The van der Waals surface area contributed by atoms with Gasteiger partial charge in [0.15, 0.2) is 0 Å². The van der Waals surface area contributed by atoms with Crippen molar-refractivity contribution in [3.63, 3.8) is 0 Å². The van der Waals surface area contributed by atoms with Gasteiger partial charge in [0.2, 0.25) is 5.91 Å². The lowest BCUT2D eigenvalue weighted by molar-refractivity contribution is -0.121. The Kier molecular flexibility index (Phi) is 6.11. The molecule has 0 bridgehead atoms. The Labute approximate surface area is 117 Å². The molecule has 2 rings (SSSR count). The number of hydrogen-bond donors (Lipinski definition) is 2. The molecule has 2 aliphatic rings. The van der Waals surface area contributed by atoms with Crippen LogP contribution in [0.3, 0.4) is 0 Å². The molecule has 0 aromatic heterocycles. The van der Waals surface area contributed by atoms with Gasteiger partial charge in [0, 0.05) is 25.6 Å². The average Bonchev–Trinajstić information content (AvgIpc) is 2.92. The van der Waals surface area contributed by atoms with Gasteiger partial charge in [0.05, 0.1) is 0 Å². The Morgan fingerprint density at radius 2 is 2.11 bits per heavy atom. The minimum absolute atomic E-state index is 0.221. The fourth-order valence-corrected chi connectivity index (χ4v) is 3.04. The van der Waals surface area contributed by atoms with Crippen LogP contribution in [0.2, 0.25) is 0 Å². The minimum atomic E-state index is 0.221. The average molecular weight is 267 g/mol. The molecule has 0 saturated carbocycles. The van der Waals surface area contributed by atoms with E-state index in [4.69, 9.17) is 0 Å². The molecule has 0 aromatic carbocycles. The third-order valence-corrected chi connectivity index (χ3v) is 4.51. The molecule has 4 heteroatoms. The third kappa shape index (κ3) is 5.49. The second-order valence-corrected chi connectivity index (χ2v) is 6.21. The molecule has 2 saturated heterocycles. The molecule has 0 spiro atoms. The summed E-state index contributed by atoms with van der Waals surface area (Å²) in [6, 6.07) is 0.578. The molecule has 19 heavy (non-hydrogen) atoms. The van der Waals surface area contributed by atoms with Gasteiger partial charge in [0.25, 0.3) is 0 Å². The lowest BCUT2D eigenvalue weighted by Gasteiger charge is -2.30. The highest BCUT2D eigenvalue weighted by molar-refractivity contribution is 5.75. The Morgan fingerprint density at radius 3 is 2.79 bits per heavy atom. The van der Waals surface area contributed by atoms with E-state index in [1.807, 2.05) is 0 Å². The molecule has 2 fully saturated rings. The Balaban J connectivity index is 1.49. The smallest absolute Gasteiger partial charge is 0.220 e. The number of carbonyl (C=O) groups is 1. The van der Waals surface area contributed by atoms with Crippen molar-refractivity contribution in [2.75, 3.05) is 32.7 Å². The van der Waals surface area contributed by atoms with Crippen LogP contribution >= 0.6 is 0 Å². The first-order chi connectivity index (χ1) is 9.24. The lowest BCUT2D eigenvalue weighted by Crippen LogP contribution is -2.39. The minimum Gasteiger partial charge on any atom is -0.355 e. The van der Waals surface area contributed by atoms with E-state index in [0.717, 1.165) is 32.0 Å². The summed E-state index contributed by atoms with van der Waals surface area (Å²) < 4.78 is 0. The maximum Gasteiger partial charge on any atom is 0.220 e. The zero-order chi connectivity index (χ0) is 13.5. The van der Waals surface area contributed by atoms with E-state index in [1.54, 1.807) is 0 Å². The quantitative estimate of drug-likeness (QED) is 0.764. The molecule has 110 valence electrons. The summed E-state index contributed by atoms with van der Waals surface area (Å²) in [7, 11) is 0. The Hall–Kier alpha value is -0.610. The second-order valence-electron chi connectivity index (χ2n) is 6.21. The van der Waals surface area contributed by atoms with E-state index in [9.17, 15) is 4.79 Å². The van der Waals surface area contributed by atoms with Crippen LogP contribution in [0.1, 0.15) is 45.4 Å². The van der Waals surface area contributed by atoms with Crippen LogP contribution < -0.4 is 10.6 Å². The number of likely N-dealkylation sites (tertiary alicyclic amines) is 1. The summed E-state index contributed by atoms with van der Waals surface area (Å²) in [6.45, 7) is 7.67. The van der Waals surface area contributed by atoms with E-state index in [2.05, 4.69) is 22.5 Å². The fraction of sp³-hybridized carbons (Fsp3) is 0.933. The van der Waals surface area contributed by atoms with E-state index in [0.29, 0.717) is 12.5 Å². The molecule has 1 amide bonds. The summed E-state index contributed by atoms with van der Waals surface area (Å²) in [5, 5.41) is 6.49. The van der Waals surface area contributed by atoms with Gasteiger partial charge in [0.1, 0.15) is 0 Å². The normalized spacial score (nSPS) is 25.6. The van der Waals surface area contributed by atoms with Crippen molar-refractivity contribution in [2.24, 2.45) is 5.92 Å². The van der Waals surface area contributed by atoms with Crippen LogP contribution in [-0.2, 0) is 4.79 Å². The van der Waals surface area contributed by atoms with Gasteiger partial charge in [-0.3, -0.25) is 4.79 Å². The maximum absolute atomic E-state index is 11.7. The van der Waals surface area contributed by atoms with Crippen LogP contribution in [0.5, 0.6) is 0 Å². The van der Waals surface area contributed by atoms with Gasteiger partial charge >= 0.3 is 0 Å². The highest BCUT2D eigenvalue weighted by atomic mass is 16.1. The van der Waals surface area contributed by atoms with Crippen molar-refractivity contribution in [1.29, 1.82) is 0 Å². The van der Waals surface area contributed by atoms with Crippen molar-refractivity contribution in [1.82, 2.24) is 15.5 Å². The van der Waals surface area contributed by atoms with Gasteiger partial charge in [-0.2, -0.15) is 0 Å². The highest BCUT2D eigenvalue weighted by Gasteiger charge is 2.16. The van der Waals surface area contributed by atoms with Gasteiger partial charge in [-0.05, 0) is 57.7 Å². The largest absolute Gasteiger partial charge is 0.355 e. The van der Waals surface area contributed by atoms with Crippen LogP contribution in [0.4, 0.5) is 0 Å². The molecule has 0 aliphatic carbocycles. The predicted octanol–water partition coefficient (Wildman–Crippen LogP) is 1.37. The molecule has 2 N–H and O–H groups in total. The number of amides is 1.